The standard InChI is InChI=1S/C19H22N2O3/c1-4-18(22)20-15-6-5-7-16(11-15)21-19(23)12-24-17-10-13(2)8-9-14(17)3/h5-11H,4,12H2,1-3H3,(H,20,22)(H,21,23). The van der Waals surface area contributed by atoms with Gasteiger partial charge in [0.1, 0.15) is 5.75 Å². The van der Waals surface area contributed by atoms with Crippen LogP contribution in [-0.4, -0.2) is 18.4 Å². The SMILES string of the molecule is CCC(=O)Nc1cccc(NC(=O)COc2cc(C)ccc2C)c1. The fraction of sp³-hybridized carbons (Fsp3) is 0.263. The van der Waals surface area contributed by atoms with E-state index in [-0.39, 0.29) is 18.4 Å². The Hall–Kier alpha value is -2.82. The highest BCUT2D eigenvalue weighted by Gasteiger charge is 2.07. The molecule has 2 N–H and O–H groups in total. The quantitative estimate of drug-likeness (QED) is 0.851. The van der Waals surface area contributed by atoms with Gasteiger partial charge in [-0.05, 0) is 49.2 Å². The third-order valence-corrected chi connectivity index (χ3v) is 3.45. The molecule has 0 saturated heterocycles. The maximum Gasteiger partial charge on any atom is 0.262 e. The van der Waals surface area contributed by atoms with Crippen molar-refractivity contribution in [3.63, 3.8) is 0 Å². The van der Waals surface area contributed by atoms with Crippen molar-refractivity contribution in [2.75, 3.05) is 17.2 Å². The van der Waals surface area contributed by atoms with E-state index in [4.69, 9.17) is 4.74 Å². The van der Waals surface area contributed by atoms with E-state index in [9.17, 15) is 9.59 Å². The normalized spacial score (nSPS) is 10.1. The molecule has 2 aromatic rings. The number of ether oxygens (including phenoxy) is 1. The number of hydrogen-bond donors (Lipinski definition) is 2. The fourth-order valence-corrected chi connectivity index (χ4v) is 2.13. The zero-order valence-corrected chi connectivity index (χ0v) is 14.2. The summed E-state index contributed by atoms with van der Waals surface area (Å²) >= 11 is 0. The van der Waals surface area contributed by atoms with Crippen LogP contribution in [0.4, 0.5) is 11.4 Å². The second-order valence-electron chi connectivity index (χ2n) is 5.59. The topological polar surface area (TPSA) is 67.4 Å². The van der Waals surface area contributed by atoms with Gasteiger partial charge in [-0.15, -0.1) is 0 Å². The molecule has 0 saturated carbocycles. The highest BCUT2D eigenvalue weighted by Crippen LogP contribution is 2.19. The summed E-state index contributed by atoms with van der Waals surface area (Å²) in [5.41, 5.74) is 3.32. The first-order valence-electron chi connectivity index (χ1n) is 7.87. The minimum absolute atomic E-state index is 0.0725. The van der Waals surface area contributed by atoms with Crippen LogP contribution in [0.2, 0.25) is 0 Å². The van der Waals surface area contributed by atoms with Gasteiger partial charge in [-0.1, -0.05) is 25.1 Å². The number of amides is 2. The Morgan fingerprint density at radius 1 is 0.958 bits per heavy atom. The van der Waals surface area contributed by atoms with Gasteiger partial charge in [-0.25, -0.2) is 0 Å². The lowest BCUT2D eigenvalue weighted by Crippen LogP contribution is -2.20. The predicted molar refractivity (Wildman–Crippen MR) is 95.4 cm³/mol. The minimum Gasteiger partial charge on any atom is -0.483 e. The second kappa shape index (κ2) is 8.15. The third-order valence-electron chi connectivity index (χ3n) is 3.45. The molecule has 5 nitrogen and oxygen atoms in total. The Labute approximate surface area is 142 Å². The van der Waals surface area contributed by atoms with Crippen LogP contribution < -0.4 is 15.4 Å². The third kappa shape index (κ3) is 5.12. The van der Waals surface area contributed by atoms with Crippen LogP contribution in [0.25, 0.3) is 0 Å². The number of carbonyl (C=O) groups is 2. The van der Waals surface area contributed by atoms with Crippen LogP contribution >= 0.6 is 0 Å². The summed E-state index contributed by atoms with van der Waals surface area (Å²) in [6.45, 7) is 5.62. The first-order chi connectivity index (χ1) is 11.5. The van der Waals surface area contributed by atoms with Crippen LogP contribution in [0.1, 0.15) is 24.5 Å². The van der Waals surface area contributed by atoms with Gasteiger partial charge in [-0.3, -0.25) is 9.59 Å². The van der Waals surface area contributed by atoms with E-state index in [1.54, 1.807) is 31.2 Å². The molecule has 0 heterocycles. The molecule has 2 rings (SSSR count). The summed E-state index contributed by atoms with van der Waals surface area (Å²) in [6, 6.07) is 12.9. The van der Waals surface area contributed by atoms with Gasteiger partial charge in [0.15, 0.2) is 6.61 Å². The fourth-order valence-electron chi connectivity index (χ4n) is 2.13. The lowest BCUT2D eigenvalue weighted by molar-refractivity contribution is -0.118. The first-order valence-corrected chi connectivity index (χ1v) is 7.87. The molecule has 0 radical (unpaired) electrons. The summed E-state index contributed by atoms with van der Waals surface area (Å²) in [4.78, 5) is 23.5. The number of anilines is 2. The Bertz CT molecular complexity index is 741. The Morgan fingerprint density at radius 3 is 2.29 bits per heavy atom. The molecule has 0 aliphatic carbocycles. The van der Waals surface area contributed by atoms with E-state index in [2.05, 4.69) is 10.6 Å². The molecule has 0 aliphatic rings. The molecule has 2 amide bonds. The van der Waals surface area contributed by atoms with Crippen molar-refractivity contribution in [1.82, 2.24) is 0 Å². The second-order valence-corrected chi connectivity index (χ2v) is 5.59. The van der Waals surface area contributed by atoms with Gasteiger partial charge in [0.05, 0.1) is 0 Å². The van der Waals surface area contributed by atoms with E-state index in [1.165, 1.54) is 0 Å². The summed E-state index contributed by atoms with van der Waals surface area (Å²) in [5.74, 6) is 0.376. The van der Waals surface area contributed by atoms with E-state index in [1.807, 2.05) is 32.0 Å². The number of aryl methyl sites for hydroxylation is 2. The molecule has 0 spiro atoms. The van der Waals surface area contributed by atoms with Gasteiger partial charge in [0.25, 0.3) is 5.91 Å². The largest absolute Gasteiger partial charge is 0.483 e. The predicted octanol–water partition coefficient (Wildman–Crippen LogP) is 3.67. The van der Waals surface area contributed by atoms with Gasteiger partial charge in [0, 0.05) is 17.8 Å². The molecule has 0 aliphatic heterocycles. The summed E-state index contributed by atoms with van der Waals surface area (Å²) < 4.78 is 5.58. The Morgan fingerprint density at radius 2 is 1.62 bits per heavy atom. The zero-order valence-electron chi connectivity index (χ0n) is 14.2. The van der Waals surface area contributed by atoms with Gasteiger partial charge in [0.2, 0.25) is 5.91 Å². The average molecular weight is 326 g/mol. The molecule has 0 atom stereocenters. The van der Waals surface area contributed by atoms with E-state index >= 15 is 0 Å². The van der Waals surface area contributed by atoms with Crippen molar-refractivity contribution in [2.24, 2.45) is 0 Å². The van der Waals surface area contributed by atoms with E-state index < -0.39 is 0 Å². The molecule has 24 heavy (non-hydrogen) atoms. The molecule has 5 heteroatoms. The number of rotatable bonds is 6. The Kier molecular flexibility index (Phi) is 5.95. The number of carbonyl (C=O) groups excluding carboxylic acids is 2. The van der Waals surface area contributed by atoms with Crippen molar-refractivity contribution in [3.8, 4) is 5.75 Å². The summed E-state index contributed by atoms with van der Waals surface area (Å²) in [6.07, 6.45) is 0.403. The molecule has 126 valence electrons. The van der Waals surface area contributed by atoms with Crippen LogP contribution in [0, 0.1) is 13.8 Å². The van der Waals surface area contributed by atoms with Crippen LogP contribution in [0.15, 0.2) is 42.5 Å². The summed E-state index contributed by atoms with van der Waals surface area (Å²) in [5, 5.41) is 5.52. The van der Waals surface area contributed by atoms with Gasteiger partial charge < -0.3 is 15.4 Å². The maximum atomic E-state index is 12.0. The van der Waals surface area contributed by atoms with E-state index in [0.29, 0.717) is 23.5 Å². The lowest BCUT2D eigenvalue weighted by Gasteiger charge is -2.11. The zero-order chi connectivity index (χ0) is 17.5. The molecule has 0 bridgehead atoms. The molecular weight excluding hydrogens is 304 g/mol. The average Bonchev–Trinajstić information content (AvgIpc) is 2.56. The maximum absolute atomic E-state index is 12.0. The monoisotopic (exact) mass is 326 g/mol. The lowest BCUT2D eigenvalue weighted by atomic mass is 10.1. The van der Waals surface area contributed by atoms with Crippen molar-refractivity contribution in [1.29, 1.82) is 0 Å². The highest BCUT2D eigenvalue weighted by atomic mass is 16.5. The van der Waals surface area contributed by atoms with Crippen molar-refractivity contribution < 1.29 is 14.3 Å². The minimum atomic E-state index is -0.255. The molecule has 2 aromatic carbocycles. The first kappa shape index (κ1) is 17.5. The number of nitrogens with one attached hydrogen (secondary N) is 2. The molecule has 0 aromatic heterocycles. The van der Waals surface area contributed by atoms with E-state index in [0.717, 1.165) is 11.1 Å². The number of benzene rings is 2. The van der Waals surface area contributed by atoms with Crippen LogP contribution in [0.5, 0.6) is 5.75 Å². The number of hydrogen-bond acceptors (Lipinski definition) is 3. The molecule has 0 unspecified atom stereocenters. The summed E-state index contributed by atoms with van der Waals surface area (Å²) in [7, 11) is 0. The highest BCUT2D eigenvalue weighted by molar-refractivity contribution is 5.94. The van der Waals surface area contributed by atoms with Crippen LogP contribution in [0.3, 0.4) is 0 Å². The van der Waals surface area contributed by atoms with Crippen molar-refractivity contribution in [3.05, 3.63) is 53.6 Å². The Balaban J connectivity index is 1.93. The smallest absolute Gasteiger partial charge is 0.262 e. The molecule has 0 fully saturated rings. The van der Waals surface area contributed by atoms with Crippen molar-refractivity contribution in [2.45, 2.75) is 27.2 Å². The van der Waals surface area contributed by atoms with Gasteiger partial charge >= 0.3 is 0 Å². The molecular formula is C19H22N2O3. The van der Waals surface area contributed by atoms with Gasteiger partial charge in [-0.2, -0.15) is 0 Å². The van der Waals surface area contributed by atoms with Crippen LogP contribution in [-0.2, 0) is 9.59 Å². The van der Waals surface area contributed by atoms with Crippen molar-refractivity contribution >= 4 is 23.2 Å².